The second kappa shape index (κ2) is 4.81. The van der Waals surface area contributed by atoms with Gasteiger partial charge in [-0.05, 0) is 12.1 Å². The van der Waals surface area contributed by atoms with Crippen molar-refractivity contribution < 1.29 is 13.6 Å². The number of thioether (sulfide) groups is 1. The Morgan fingerprint density at radius 2 is 2.08 bits per heavy atom. The number of carbonyl (C=O) groups excluding carboxylic acids is 1. The van der Waals surface area contributed by atoms with Gasteiger partial charge in [-0.1, -0.05) is 23.9 Å². The number of anilines is 1. The van der Waals surface area contributed by atoms with Crippen LogP contribution in [0.25, 0.3) is 0 Å². The molecule has 1 aromatic rings. The van der Waals surface area contributed by atoms with Gasteiger partial charge in [0.25, 0.3) is 5.76 Å². The van der Waals surface area contributed by atoms with Gasteiger partial charge >= 0.3 is 0 Å². The maximum absolute atomic E-state index is 12.0. The lowest BCUT2D eigenvalue weighted by Crippen LogP contribution is -1.96. The minimum Gasteiger partial charge on any atom is -0.328 e. The molecule has 5 heteroatoms. The lowest BCUT2D eigenvalue weighted by atomic mass is 10.3. The minimum absolute atomic E-state index is 0.365. The number of rotatable bonds is 4. The molecule has 1 N–H and O–H groups in total. The summed E-state index contributed by atoms with van der Waals surface area (Å²) in [6.45, 7) is 0. The van der Waals surface area contributed by atoms with Crippen LogP contribution in [-0.2, 0) is 4.79 Å². The first-order valence-electron chi connectivity index (χ1n) is 3.48. The van der Waals surface area contributed by atoms with Gasteiger partial charge < -0.3 is 5.32 Å². The van der Waals surface area contributed by atoms with Gasteiger partial charge in [-0.3, -0.25) is 4.79 Å². The summed E-state index contributed by atoms with van der Waals surface area (Å²) in [4.78, 5) is 10.5. The molecule has 0 aromatic heterocycles. The first-order valence-corrected chi connectivity index (χ1v) is 4.36. The number of para-hydroxylation sites is 1. The highest BCUT2D eigenvalue weighted by molar-refractivity contribution is 7.99. The van der Waals surface area contributed by atoms with Gasteiger partial charge in [0.05, 0.1) is 5.69 Å². The second-order valence-electron chi connectivity index (χ2n) is 2.14. The number of amides is 1. The third kappa shape index (κ3) is 3.02. The molecule has 0 aliphatic carbocycles. The number of carbonyl (C=O) groups is 1. The summed E-state index contributed by atoms with van der Waals surface area (Å²) in [5, 5.41) is 2.35. The molecule has 0 aliphatic heterocycles. The van der Waals surface area contributed by atoms with Crippen molar-refractivity contribution in [3.63, 3.8) is 0 Å². The first kappa shape index (κ1) is 9.98. The van der Waals surface area contributed by atoms with Gasteiger partial charge in [-0.25, -0.2) is 0 Å². The number of halogens is 2. The summed E-state index contributed by atoms with van der Waals surface area (Å²) < 4.78 is 24.0. The molecule has 0 bridgehead atoms. The van der Waals surface area contributed by atoms with Crippen LogP contribution >= 0.6 is 11.8 Å². The zero-order valence-corrected chi connectivity index (χ0v) is 7.35. The van der Waals surface area contributed by atoms with Gasteiger partial charge in [-0.15, -0.1) is 0 Å². The zero-order valence-electron chi connectivity index (χ0n) is 6.54. The molecular formula is C8H7F2NOS. The Hall–Kier alpha value is -1.10. The number of nitrogens with one attached hydrogen (secondary N) is 1. The second-order valence-corrected chi connectivity index (χ2v) is 3.17. The van der Waals surface area contributed by atoms with Gasteiger partial charge in [0.15, 0.2) is 0 Å². The lowest BCUT2D eigenvalue weighted by molar-refractivity contribution is -0.105. The van der Waals surface area contributed by atoms with E-state index in [0.717, 1.165) is 0 Å². The SMILES string of the molecule is O=CNc1ccccc1SC(F)F. The third-order valence-corrected chi connectivity index (χ3v) is 2.11. The van der Waals surface area contributed by atoms with Crippen molar-refractivity contribution in [1.29, 1.82) is 0 Å². The van der Waals surface area contributed by atoms with Gasteiger partial charge in [0.1, 0.15) is 0 Å². The molecule has 0 unspecified atom stereocenters. The quantitative estimate of drug-likeness (QED) is 0.602. The zero-order chi connectivity index (χ0) is 9.68. The maximum Gasteiger partial charge on any atom is 0.288 e. The molecule has 2 nitrogen and oxygen atoms in total. The van der Waals surface area contributed by atoms with E-state index in [0.29, 0.717) is 28.8 Å². The molecule has 70 valence electrons. The Kier molecular flexibility index (Phi) is 3.70. The largest absolute Gasteiger partial charge is 0.328 e. The standard InChI is InChI=1S/C8H7F2NOS/c9-8(10)13-7-4-2-1-3-6(7)11-5-12/h1-5,8H,(H,11,12). The predicted octanol–water partition coefficient (Wildman–Crippen LogP) is 2.57. The first-order chi connectivity index (χ1) is 6.24. The molecule has 0 aliphatic rings. The fourth-order valence-electron chi connectivity index (χ4n) is 0.848. The van der Waals surface area contributed by atoms with E-state index in [-0.39, 0.29) is 0 Å². The van der Waals surface area contributed by atoms with Crippen LogP contribution in [0.2, 0.25) is 0 Å². The molecule has 1 aromatic carbocycles. The van der Waals surface area contributed by atoms with Crippen molar-refractivity contribution in [2.45, 2.75) is 10.7 Å². The fraction of sp³-hybridized carbons (Fsp3) is 0.125. The van der Waals surface area contributed by atoms with Crippen molar-refractivity contribution in [1.82, 2.24) is 0 Å². The van der Waals surface area contributed by atoms with Crippen molar-refractivity contribution >= 4 is 23.9 Å². The normalized spacial score (nSPS) is 10.1. The van der Waals surface area contributed by atoms with Gasteiger partial charge in [0.2, 0.25) is 6.41 Å². The van der Waals surface area contributed by atoms with E-state index in [1.807, 2.05) is 0 Å². The van der Waals surface area contributed by atoms with Crippen LogP contribution in [-0.4, -0.2) is 12.2 Å². The van der Waals surface area contributed by atoms with Crippen LogP contribution in [0, 0.1) is 0 Å². The highest BCUT2D eigenvalue weighted by atomic mass is 32.2. The van der Waals surface area contributed by atoms with Crippen LogP contribution in [0.15, 0.2) is 29.2 Å². The molecule has 0 fully saturated rings. The van der Waals surface area contributed by atoms with Crippen LogP contribution in [0.5, 0.6) is 0 Å². The Morgan fingerprint density at radius 3 is 2.69 bits per heavy atom. The highest BCUT2D eigenvalue weighted by Gasteiger charge is 2.08. The Morgan fingerprint density at radius 1 is 1.38 bits per heavy atom. The molecule has 0 saturated heterocycles. The molecule has 0 spiro atoms. The van der Waals surface area contributed by atoms with Gasteiger partial charge in [0, 0.05) is 4.90 Å². The topological polar surface area (TPSA) is 29.1 Å². The van der Waals surface area contributed by atoms with E-state index in [1.54, 1.807) is 18.2 Å². The van der Waals surface area contributed by atoms with E-state index < -0.39 is 5.76 Å². The molecular weight excluding hydrogens is 196 g/mol. The van der Waals surface area contributed by atoms with E-state index in [1.165, 1.54) is 6.07 Å². The van der Waals surface area contributed by atoms with E-state index in [4.69, 9.17) is 0 Å². The fourth-order valence-corrected chi connectivity index (χ4v) is 1.45. The van der Waals surface area contributed by atoms with E-state index >= 15 is 0 Å². The maximum atomic E-state index is 12.0. The molecule has 1 rings (SSSR count). The Balaban J connectivity index is 2.83. The summed E-state index contributed by atoms with van der Waals surface area (Å²) >= 11 is 0.410. The van der Waals surface area contributed by atoms with Crippen molar-refractivity contribution in [2.75, 3.05) is 5.32 Å². The van der Waals surface area contributed by atoms with Crippen LogP contribution in [0.1, 0.15) is 0 Å². The van der Waals surface area contributed by atoms with Crippen LogP contribution in [0.4, 0.5) is 14.5 Å². The summed E-state index contributed by atoms with van der Waals surface area (Å²) in [7, 11) is 0. The summed E-state index contributed by atoms with van der Waals surface area (Å²) in [6.07, 6.45) is 0.463. The summed E-state index contributed by atoms with van der Waals surface area (Å²) in [5.74, 6) is -2.48. The molecule has 13 heavy (non-hydrogen) atoms. The van der Waals surface area contributed by atoms with Crippen LogP contribution < -0.4 is 5.32 Å². The van der Waals surface area contributed by atoms with E-state index in [9.17, 15) is 13.6 Å². The third-order valence-electron chi connectivity index (χ3n) is 1.32. The van der Waals surface area contributed by atoms with Gasteiger partial charge in [-0.2, -0.15) is 8.78 Å². The highest BCUT2D eigenvalue weighted by Crippen LogP contribution is 2.31. The number of benzene rings is 1. The lowest BCUT2D eigenvalue weighted by Gasteiger charge is -2.05. The smallest absolute Gasteiger partial charge is 0.288 e. The average Bonchev–Trinajstić information content (AvgIpc) is 2.08. The number of hydrogen-bond donors (Lipinski definition) is 1. The average molecular weight is 203 g/mol. The van der Waals surface area contributed by atoms with Crippen LogP contribution in [0.3, 0.4) is 0 Å². The minimum atomic E-state index is -2.48. The molecule has 0 radical (unpaired) electrons. The monoisotopic (exact) mass is 203 g/mol. The summed E-state index contributed by atoms with van der Waals surface area (Å²) in [5.41, 5.74) is 0.405. The van der Waals surface area contributed by atoms with E-state index in [2.05, 4.69) is 5.32 Å². The van der Waals surface area contributed by atoms with Crippen molar-refractivity contribution in [3.05, 3.63) is 24.3 Å². The Bertz CT molecular complexity index is 293. The van der Waals surface area contributed by atoms with Crippen molar-refractivity contribution in [3.8, 4) is 0 Å². The molecule has 0 saturated carbocycles. The summed E-state index contributed by atoms with van der Waals surface area (Å²) in [6, 6.07) is 6.41. The van der Waals surface area contributed by atoms with Crippen molar-refractivity contribution in [2.24, 2.45) is 0 Å². The molecule has 0 heterocycles. The predicted molar refractivity (Wildman–Crippen MR) is 48.0 cm³/mol. The number of hydrogen-bond acceptors (Lipinski definition) is 2. The molecule has 0 atom stereocenters. The molecule has 1 amide bonds. The number of alkyl halides is 2. The Labute approximate surface area is 78.3 Å².